The Morgan fingerprint density at radius 2 is 2.05 bits per heavy atom. The predicted octanol–water partition coefficient (Wildman–Crippen LogP) is 1.15. The number of aromatic nitrogens is 2. The molecule has 122 valence electrons. The van der Waals surface area contributed by atoms with Gasteiger partial charge in [0, 0.05) is 19.5 Å². The van der Waals surface area contributed by atoms with Gasteiger partial charge in [-0.05, 0) is 38.9 Å². The van der Waals surface area contributed by atoms with Crippen LogP contribution in [0.4, 0.5) is 0 Å². The van der Waals surface area contributed by atoms with Crippen LogP contribution in [0, 0.1) is 0 Å². The number of fused-ring (bicyclic) bond motifs is 1. The number of hydrogen-bond donors (Lipinski definition) is 1. The number of aliphatic hydroxyl groups is 1. The van der Waals surface area contributed by atoms with Crippen LogP contribution < -0.4 is 0 Å². The number of carbonyl (C=O) groups excluding carboxylic acids is 1. The minimum Gasteiger partial charge on any atom is -0.387 e. The maximum Gasteiger partial charge on any atom is 0.224 e. The van der Waals surface area contributed by atoms with Crippen LogP contribution in [0.2, 0.25) is 0 Å². The van der Waals surface area contributed by atoms with Crippen LogP contribution in [0.25, 0.3) is 0 Å². The maximum atomic E-state index is 12.4. The zero-order valence-corrected chi connectivity index (χ0v) is 13.4. The van der Waals surface area contributed by atoms with E-state index in [-0.39, 0.29) is 5.91 Å². The molecule has 1 aromatic rings. The SMILES string of the molecule is C[C@@H](O)c1cc2n(n1)CCN(C(=O)CCN1CCCCC1)C2. The van der Waals surface area contributed by atoms with Gasteiger partial charge in [0.15, 0.2) is 0 Å². The number of carbonyl (C=O) groups is 1. The Labute approximate surface area is 131 Å². The van der Waals surface area contributed by atoms with E-state index in [0.29, 0.717) is 25.2 Å². The Morgan fingerprint density at radius 1 is 1.27 bits per heavy atom. The van der Waals surface area contributed by atoms with E-state index >= 15 is 0 Å². The van der Waals surface area contributed by atoms with Crippen molar-refractivity contribution in [3.8, 4) is 0 Å². The first-order chi connectivity index (χ1) is 10.6. The smallest absolute Gasteiger partial charge is 0.224 e. The Bertz CT molecular complexity index is 520. The molecule has 0 radical (unpaired) electrons. The lowest BCUT2D eigenvalue weighted by Gasteiger charge is -2.30. The van der Waals surface area contributed by atoms with E-state index in [4.69, 9.17) is 0 Å². The highest BCUT2D eigenvalue weighted by Gasteiger charge is 2.23. The number of rotatable bonds is 4. The molecule has 0 bridgehead atoms. The number of amides is 1. The summed E-state index contributed by atoms with van der Waals surface area (Å²) in [7, 11) is 0. The third-order valence-electron chi connectivity index (χ3n) is 4.69. The molecule has 1 aromatic heterocycles. The lowest BCUT2D eigenvalue weighted by atomic mass is 10.1. The molecule has 22 heavy (non-hydrogen) atoms. The second-order valence-corrected chi connectivity index (χ2v) is 6.43. The second-order valence-electron chi connectivity index (χ2n) is 6.43. The van der Waals surface area contributed by atoms with E-state index in [1.54, 1.807) is 6.92 Å². The van der Waals surface area contributed by atoms with Crippen molar-refractivity contribution in [2.75, 3.05) is 26.2 Å². The monoisotopic (exact) mass is 306 g/mol. The van der Waals surface area contributed by atoms with Crippen molar-refractivity contribution in [2.45, 2.75) is 51.8 Å². The first-order valence-electron chi connectivity index (χ1n) is 8.38. The van der Waals surface area contributed by atoms with Crippen molar-refractivity contribution in [1.82, 2.24) is 19.6 Å². The highest BCUT2D eigenvalue weighted by Crippen LogP contribution is 2.18. The third-order valence-corrected chi connectivity index (χ3v) is 4.69. The van der Waals surface area contributed by atoms with Gasteiger partial charge in [-0.1, -0.05) is 6.42 Å². The van der Waals surface area contributed by atoms with Gasteiger partial charge >= 0.3 is 0 Å². The number of likely N-dealkylation sites (tertiary alicyclic amines) is 1. The molecule has 1 atom stereocenters. The summed E-state index contributed by atoms with van der Waals surface area (Å²) in [6.45, 7) is 6.92. The quantitative estimate of drug-likeness (QED) is 0.906. The van der Waals surface area contributed by atoms with Gasteiger partial charge in [0.1, 0.15) is 0 Å². The van der Waals surface area contributed by atoms with Crippen molar-refractivity contribution in [3.05, 3.63) is 17.5 Å². The van der Waals surface area contributed by atoms with Crippen LogP contribution in [-0.4, -0.2) is 56.8 Å². The average Bonchev–Trinajstić information content (AvgIpc) is 2.97. The fourth-order valence-corrected chi connectivity index (χ4v) is 3.30. The second kappa shape index (κ2) is 6.79. The van der Waals surface area contributed by atoms with E-state index in [1.807, 2.05) is 15.6 Å². The lowest BCUT2D eigenvalue weighted by molar-refractivity contribution is -0.133. The molecule has 1 fully saturated rings. The first kappa shape index (κ1) is 15.5. The summed E-state index contributed by atoms with van der Waals surface area (Å²) in [5.74, 6) is 0.233. The van der Waals surface area contributed by atoms with Crippen molar-refractivity contribution >= 4 is 5.91 Å². The van der Waals surface area contributed by atoms with Gasteiger partial charge in [-0.25, -0.2) is 0 Å². The maximum absolute atomic E-state index is 12.4. The van der Waals surface area contributed by atoms with E-state index in [9.17, 15) is 9.90 Å². The van der Waals surface area contributed by atoms with Crippen molar-refractivity contribution in [3.63, 3.8) is 0 Å². The molecule has 2 aliphatic heterocycles. The number of piperidine rings is 1. The van der Waals surface area contributed by atoms with Crippen LogP contribution in [-0.2, 0) is 17.9 Å². The summed E-state index contributed by atoms with van der Waals surface area (Å²) >= 11 is 0. The van der Waals surface area contributed by atoms with E-state index < -0.39 is 6.10 Å². The molecule has 2 aliphatic rings. The fraction of sp³-hybridized carbons (Fsp3) is 0.750. The summed E-state index contributed by atoms with van der Waals surface area (Å²) in [4.78, 5) is 16.7. The Hall–Kier alpha value is -1.40. The van der Waals surface area contributed by atoms with E-state index in [1.165, 1.54) is 19.3 Å². The van der Waals surface area contributed by atoms with Crippen LogP contribution >= 0.6 is 0 Å². The summed E-state index contributed by atoms with van der Waals surface area (Å²) in [6, 6.07) is 1.91. The zero-order valence-electron chi connectivity index (χ0n) is 13.4. The zero-order chi connectivity index (χ0) is 15.5. The molecular weight excluding hydrogens is 280 g/mol. The number of aliphatic hydroxyl groups excluding tert-OH is 1. The summed E-state index contributed by atoms with van der Waals surface area (Å²) < 4.78 is 1.91. The van der Waals surface area contributed by atoms with Crippen LogP contribution in [0.5, 0.6) is 0 Å². The minimum atomic E-state index is -0.554. The average molecular weight is 306 g/mol. The highest BCUT2D eigenvalue weighted by atomic mass is 16.3. The standard InChI is InChI=1S/C16H26N4O2/c1-13(21)15-11-14-12-19(9-10-20(14)17-15)16(22)5-8-18-6-3-2-4-7-18/h11,13,21H,2-10,12H2,1H3/t13-/m1/s1. The van der Waals surface area contributed by atoms with E-state index in [0.717, 1.165) is 31.9 Å². The predicted molar refractivity (Wildman–Crippen MR) is 83.2 cm³/mol. The summed E-state index contributed by atoms with van der Waals surface area (Å²) in [5, 5.41) is 14.0. The van der Waals surface area contributed by atoms with Gasteiger partial charge in [0.05, 0.1) is 30.6 Å². The van der Waals surface area contributed by atoms with Crippen LogP contribution in [0.15, 0.2) is 6.07 Å². The van der Waals surface area contributed by atoms with Gasteiger partial charge in [0.25, 0.3) is 0 Å². The van der Waals surface area contributed by atoms with Crippen molar-refractivity contribution in [2.24, 2.45) is 0 Å². The Balaban J connectivity index is 1.53. The lowest BCUT2D eigenvalue weighted by Crippen LogP contribution is -2.40. The van der Waals surface area contributed by atoms with Gasteiger partial charge in [-0.15, -0.1) is 0 Å². The molecule has 3 rings (SSSR count). The fourth-order valence-electron chi connectivity index (χ4n) is 3.30. The molecule has 6 heteroatoms. The van der Waals surface area contributed by atoms with Gasteiger partial charge in [-0.2, -0.15) is 5.10 Å². The third kappa shape index (κ3) is 3.50. The van der Waals surface area contributed by atoms with E-state index in [2.05, 4.69) is 10.00 Å². The topological polar surface area (TPSA) is 61.6 Å². The highest BCUT2D eigenvalue weighted by molar-refractivity contribution is 5.76. The molecule has 6 nitrogen and oxygen atoms in total. The Kier molecular flexibility index (Phi) is 4.78. The molecule has 1 saturated heterocycles. The molecule has 0 unspecified atom stereocenters. The van der Waals surface area contributed by atoms with Crippen molar-refractivity contribution < 1.29 is 9.90 Å². The summed E-state index contributed by atoms with van der Waals surface area (Å²) in [6.07, 6.45) is 3.91. The summed E-state index contributed by atoms with van der Waals surface area (Å²) in [5.41, 5.74) is 1.71. The Morgan fingerprint density at radius 3 is 2.77 bits per heavy atom. The van der Waals surface area contributed by atoms with Gasteiger partial charge < -0.3 is 14.9 Å². The first-order valence-corrected chi connectivity index (χ1v) is 8.38. The number of hydrogen-bond acceptors (Lipinski definition) is 4. The molecule has 1 N–H and O–H groups in total. The molecular formula is C16H26N4O2. The van der Waals surface area contributed by atoms with Gasteiger partial charge in [-0.3, -0.25) is 9.48 Å². The number of nitrogens with zero attached hydrogens (tertiary/aromatic N) is 4. The van der Waals surface area contributed by atoms with Crippen LogP contribution in [0.3, 0.4) is 0 Å². The normalized spacial score (nSPS) is 20.7. The molecule has 0 saturated carbocycles. The minimum absolute atomic E-state index is 0.233. The molecule has 0 aliphatic carbocycles. The van der Waals surface area contributed by atoms with Crippen LogP contribution in [0.1, 0.15) is 50.1 Å². The van der Waals surface area contributed by atoms with Gasteiger partial charge in [0.2, 0.25) is 5.91 Å². The largest absolute Gasteiger partial charge is 0.387 e. The van der Waals surface area contributed by atoms with Crippen molar-refractivity contribution in [1.29, 1.82) is 0 Å². The molecule has 0 spiro atoms. The molecule has 0 aromatic carbocycles. The molecule has 1 amide bonds. The molecule has 3 heterocycles.